The van der Waals surface area contributed by atoms with Crippen molar-refractivity contribution in [2.24, 2.45) is 5.41 Å². The quantitative estimate of drug-likeness (QED) is 0.738. The second-order valence-corrected chi connectivity index (χ2v) is 5.19. The van der Waals surface area contributed by atoms with Crippen LogP contribution >= 0.6 is 0 Å². The summed E-state index contributed by atoms with van der Waals surface area (Å²) < 4.78 is 0. The molecule has 1 unspecified atom stereocenters. The van der Waals surface area contributed by atoms with Crippen LogP contribution in [0.15, 0.2) is 24.3 Å². The highest BCUT2D eigenvalue weighted by Crippen LogP contribution is 2.44. The van der Waals surface area contributed by atoms with Gasteiger partial charge in [0.25, 0.3) is 0 Å². The molecule has 0 amide bonds. The lowest BCUT2D eigenvalue weighted by Gasteiger charge is -2.06. The van der Waals surface area contributed by atoms with Crippen LogP contribution in [0.4, 0.5) is 5.69 Å². The van der Waals surface area contributed by atoms with E-state index in [0.717, 1.165) is 24.7 Å². The zero-order valence-electron chi connectivity index (χ0n) is 9.59. The number of anilines is 1. The largest absolute Gasteiger partial charge is 0.399 e. The van der Waals surface area contributed by atoms with E-state index in [2.05, 4.69) is 31.3 Å². The van der Waals surface area contributed by atoms with Gasteiger partial charge in [0.1, 0.15) is 0 Å². The summed E-state index contributed by atoms with van der Waals surface area (Å²) >= 11 is 0. The van der Waals surface area contributed by atoms with Gasteiger partial charge in [0.05, 0.1) is 0 Å². The van der Waals surface area contributed by atoms with Crippen molar-refractivity contribution >= 4 is 5.69 Å². The molecule has 2 rings (SSSR count). The van der Waals surface area contributed by atoms with Crippen LogP contribution in [0.25, 0.3) is 0 Å². The van der Waals surface area contributed by atoms with Crippen molar-refractivity contribution < 1.29 is 0 Å². The molecule has 1 aromatic carbocycles. The lowest BCUT2D eigenvalue weighted by Crippen LogP contribution is -2.23. The van der Waals surface area contributed by atoms with Crippen LogP contribution in [0.2, 0.25) is 0 Å². The maximum atomic E-state index is 5.73. The van der Waals surface area contributed by atoms with E-state index in [1.807, 2.05) is 12.1 Å². The van der Waals surface area contributed by atoms with Crippen LogP contribution < -0.4 is 11.1 Å². The van der Waals surface area contributed by atoms with Gasteiger partial charge in [-0.15, -0.1) is 0 Å². The molecule has 0 heterocycles. The smallest absolute Gasteiger partial charge is 0.0316 e. The van der Waals surface area contributed by atoms with Gasteiger partial charge in [0, 0.05) is 11.7 Å². The Labute approximate surface area is 91.9 Å². The van der Waals surface area contributed by atoms with Gasteiger partial charge in [0.15, 0.2) is 0 Å². The van der Waals surface area contributed by atoms with Gasteiger partial charge in [-0.2, -0.15) is 0 Å². The summed E-state index contributed by atoms with van der Waals surface area (Å²) in [7, 11) is 0. The molecule has 1 aliphatic rings. The summed E-state index contributed by atoms with van der Waals surface area (Å²) in [5.41, 5.74) is 8.43. The molecular formula is C13H20N2. The summed E-state index contributed by atoms with van der Waals surface area (Å²) in [6.07, 6.45) is 2.38. The molecule has 2 nitrogen and oxygen atoms in total. The Morgan fingerprint density at radius 3 is 2.80 bits per heavy atom. The molecule has 1 atom stereocenters. The third-order valence-corrected chi connectivity index (χ3v) is 3.27. The molecular weight excluding hydrogens is 184 g/mol. The minimum Gasteiger partial charge on any atom is -0.399 e. The van der Waals surface area contributed by atoms with E-state index in [9.17, 15) is 0 Å². The molecule has 15 heavy (non-hydrogen) atoms. The van der Waals surface area contributed by atoms with Crippen LogP contribution in [0, 0.1) is 5.41 Å². The number of benzene rings is 1. The monoisotopic (exact) mass is 204 g/mol. The van der Waals surface area contributed by atoms with Crippen molar-refractivity contribution in [3.63, 3.8) is 0 Å². The van der Waals surface area contributed by atoms with Gasteiger partial charge < -0.3 is 11.1 Å². The second-order valence-electron chi connectivity index (χ2n) is 5.19. The van der Waals surface area contributed by atoms with E-state index < -0.39 is 0 Å². The van der Waals surface area contributed by atoms with Gasteiger partial charge >= 0.3 is 0 Å². The summed E-state index contributed by atoms with van der Waals surface area (Å²) in [5, 5.41) is 3.57. The average molecular weight is 204 g/mol. The molecule has 1 aromatic rings. The topological polar surface area (TPSA) is 38.0 Å². The number of rotatable bonds is 4. The van der Waals surface area contributed by atoms with Crippen molar-refractivity contribution in [2.45, 2.75) is 32.7 Å². The number of nitrogen functional groups attached to an aromatic ring is 1. The highest BCUT2D eigenvalue weighted by Gasteiger charge is 2.44. The average Bonchev–Trinajstić information content (AvgIpc) is 2.74. The van der Waals surface area contributed by atoms with Crippen LogP contribution in [-0.2, 0) is 6.42 Å². The fourth-order valence-corrected chi connectivity index (χ4v) is 1.95. The predicted molar refractivity (Wildman–Crippen MR) is 64.7 cm³/mol. The van der Waals surface area contributed by atoms with Crippen molar-refractivity contribution in [2.75, 3.05) is 12.3 Å². The normalized spacial score (nSPS) is 22.7. The predicted octanol–water partition coefficient (Wildman–Crippen LogP) is 2.20. The van der Waals surface area contributed by atoms with E-state index in [4.69, 9.17) is 5.73 Å². The third-order valence-electron chi connectivity index (χ3n) is 3.27. The molecule has 0 aliphatic heterocycles. The van der Waals surface area contributed by atoms with Gasteiger partial charge in [-0.05, 0) is 42.5 Å². The van der Waals surface area contributed by atoms with E-state index in [1.165, 1.54) is 12.0 Å². The van der Waals surface area contributed by atoms with E-state index >= 15 is 0 Å². The summed E-state index contributed by atoms with van der Waals surface area (Å²) in [4.78, 5) is 0. The molecule has 3 N–H and O–H groups in total. The fraction of sp³-hybridized carbons (Fsp3) is 0.538. The van der Waals surface area contributed by atoms with E-state index in [1.54, 1.807) is 0 Å². The Kier molecular flexibility index (Phi) is 2.70. The molecule has 0 aromatic heterocycles. The van der Waals surface area contributed by atoms with Crippen molar-refractivity contribution in [1.82, 2.24) is 5.32 Å². The molecule has 1 aliphatic carbocycles. The fourth-order valence-electron chi connectivity index (χ4n) is 1.95. The molecule has 0 radical (unpaired) electrons. The Bertz CT molecular complexity index is 344. The summed E-state index contributed by atoms with van der Waals surface area (Å²) in [6.45, 7) is 5.67. The molecule has 2 heteroatoms. The lowest BCUT2D eigenvalue weighted by molar-refractivity contribution is 0.544. The molecule has 82 valence electrons. The first kappa shape index (κ1) is 10.5. The van der Waals surface area contributed by atoms with Gasteiger partial charge in [-0.1, -0.05) is 26.0 Å². The third kappa shape index (κ3) is 2.72. The van der Waals surface area contributed by atoms with Crippen molar-refractivity contribution in [3.8, 4) is 0 Å². The Morgan fingerprint density at radius 1 is 1.47 bits per heavy atom. The van der Waals surface area contributed by atoms with Crippen LogP contribution in [-0.4, -0.2) is 12.6 Å². The molecule has 1 saturated carbocycles. The molecule has 0 saturated heterocycles. The Balaban J connectivity index is 1.75. The van der Waals surface area contributed by atoms with Crippen LogP contribution in [0.3, 0.4) is 0 Å². The SMILES string of the molecule is CC1(C)CC1NCCc1cccc(N)c1. The van der Waals surface area contributed by atoms with Gasteiger partial charge in [0.2, 0.25) is 0 Å². The summed E-state index contributed by atoms with van der Waals surface area (Å²) in [6, 6.07) is 8.86. The number of nitrogens with one attached hydrogen (secondary N) is 1. The van der Waals surface area contributed by atoms with Crippen molar-refractivity contribution in [3.05, 3.63) is 29.8 Å². The van der Waals surface area contributed by atoms with E-state index in [0.29, 0.717) is 5.41 Å². The molecule has 1 fully saturated rings. The summed E-state index contributed by atoms with van der Waals surface area (Å²) in [5.74, 6) is 0. The van der Waals surface area contributed by atoms with Crippen LogP contribution in [0.1, 0.15) is 25.8 Å². The van der Waals surface area contributed by atoms with Gasteiger partial charge in [-0.25, -0.2) is 0 Å². The number of hydrogen-bond donors (Lipinski definition) is 2. The van der Waals surface area contributed by atoms with Crippen molar-refractivity contribution in [1.29, 1.82) is 0 Å². The van der Waals surface area contributed by atoms with E-state index in [-0.39, 0.29) is 0 Å². The number of hydrogen-bond acceptors (Lipinski definition) is 2. The second kappa shape index (κ2) is 3.86. The lowest BCUT2D eigenvalue weighted by atomic mass is 10.1. The molecule has 0 bridgehead atoms. The van der Waals surface area contributed by atoms with Crippen LogP contribution in [0.5, 0.6) is 0 Å². The molecule has 0 spiro atoms. The minimum atomic E-state index is 0.524. The number of nitrogens with two attached hydrogens (primary N) is 1. The first-order valence-corrected chi connectivity index (χ1v) is 5.66. The zero-order chi connectivity index (χ0) is 10.9. The first-order chi connectivity index (χ1) is 7.08. The minimum absolute atomic E-state index is 0.524. The highest BCUT2D eigenvalue weighted by atomic mass is 15.0. The maximum Gasteiger partial charge on any atom is 0.0316 e. The standard InChI is InChI=1S/C13H20N2/c1-13(2)9-12(13)15-7-6-10-4-3-5-11(14)8-10/h3-5,8,12,15H,6-7,9,14H2,1-2H3. The zero-order valence-corrected chi connectivity index (χ0v) is 9.59. The van der Waals surface area contributed by atoms with Gasteiger partial charge in [-0.3, -0.25) is 0 Å². The maximum absolute atomic E-state index is 5.73. The Hall–Kier alpha value is -1.02. The highest BCUT2D eigenvalue weighted by molar-refractivity contribution is 5.40. The first-order valence-electron chi connectivity index (χ1n) is 5.66. The Morgan fingerprint density at radius 2 is 2.20 bits per heavy atom.